The van der Waals surface area contributed by atoms with Gasteiger partial charge in [-0.2, -0.15) is 4.98 Å². The number of aromatic nitrogens is 2. The van der Waals surface area contributed by atoms with Crippen molar-refractivity contribution in [2.24, 2.45) is 5.73 Å². The molecule has 1 aromatic carbocycles. The molecule has 0 radical (unpaired) electrons. The standard InChI is InChI=1S/C21H30N6O/c1-15-13-19(25-21(23-15)26(2)3)27-11-9-17(10-12-27)24-18(20(22)28)14-16-7-5-4-6-8-16/h4-8,13,17-18,24H,9-12,14H2,1-3H3,(H2,22,28)/t18-/m0/s1. The van der Waals surface area contributed by atoms with Gasteiger partial charge in [-0.25, -0.2) is 4.98 Å². The van der Waals surface area contributed by atoms with E-state index in [1.54, 1.807) is 0 Å². The maximum Gasteiger partial charge on any atom is 0.234 e. The van der Waals surface area contributed by atoms with Gasteiger partial charge in [0.15, 0.2) is 0 Å². The minimum absolute atomic E-state index is 0.272. The molecule has 2 aromatic rings. The van der Waals surface area contributed by atoms with Crippen LogP contribution in [0.4, 0.5) is 11.8 Å². The summed E-state index contributed by atoms with van der Waals surface area (Å²) in [6, 6.07) is 12.0. The van der Waals surface area contributed by atoms with Gasteiger partial charge < -0.3 is 20.9 Å². The number of hydrogen-bond acceptors (Lipinski definition) is 6. The quantitative estimate of drug-likeness (QED) is 0.755. The van der Waals surface area contributed by atoms with Gasteiger partial charge in [-0.05, 0) is 31.7 Å². The van der Waals surface area contributed by atoms with Gasteiger partial charge in [-0.1, -0.05) is 30.3 Å². The average Bonchev–Trinajstić information content (AvgIpc) is 2.68. The van der Waals surface area contributed by atoms with Crippen LogP contribution >= 0.6 is 0 Å². The summed E-state index contributed by atoms with van der Waals surface area (Å²) in [6.45, 7) is 3.77. The molecule has 0 spiro atoms. The van der Waals surface area contributed by atoms with Crippen molar-refractivity contribution in [2.75, 3.05) is 37.0 Å². The Bertz CT molecular complexity index is 787. The zero-order chi connectivity index (χ0) is 20.1. The maximum absolute atomic E-state index is 11.9. The largest absolute Gasteiger partial charge is 0.368 e. The highest BCUT2D eigenvalue weighted by molar-refractivity contribution is 5.80. The van der Waals surface area contributed by atoms with Crippen molar-refractivity contribution in [1.82, 2.24) is 15.3 Å². The Hall–Kier alpha value is -2.67. The first-order chi connectivity index (χ1) is 13.4. The van der Waals surface area contributed by atoms with Crippen LogP contribution in [0.15, 0.2) is 36.4 Å². The minimum Gasteiger partial charge on any atom is -0.368 e. The molecule has 0 aliphatic carbocycles. The van der Waals surface area contributed by atoms with Crippen molar-refractivity contribution in [3.63, 3.8) is 0 Å². The highest BCUT2D eigenvalue weighted by Gasteiger charge is 2.25. The Balaban J connectivity index is 1.59. The molecule has 1 fully saturated rings. The summed E-state index contributed by atoms with van der Waals surface area (Å²) in [5.74, 6) is 1.39. The molecule has 1 aliphatic heterocycles. The summed E-state index contributed by atoms with van der Waals surface area (Å²) < 4.78 is 0. The number of nitrogens with one attached hydrogen (secondary N) is 1. The van der Waals surface area contributed by atoms with E-state index in [1.165, 1.54) is 0 Å². The predicted molar refractivity (Wildman–Crippen MR) is 113 cm³/mol. The molecule has 1 aromatic heterocycles. The molecule has 2 heterocycles. The molecule has 3 N–H and O–H groups in total. The normalized spacial score (nSPS) is 16.0. The van der Waals surface area contributed by atoms with Crippen LogP contribution in [0.1, 0.15) is 24.1 Å². The average molecular weight is 383 g/mol. The van der Waals surface area contributed by atoms with E-state index >= 15 is 0 Å². The highest BCUT2D eigenvalue weighted by atomic mass is 16.1. The van der Waals surface area contributed by atoms with Crippen molar-refractivity contribution < 1.29 is 4.79 Å². The summed E-state index contributed by atoms with van der Waals surface area (Å²) in [4.78, 5) is 25.3. The lowest BCUT2D eigenvalue weighted by Crippen LogP contribution is -2.51. The SMILES string of the molecule is Cc1cc(N2CCC(N[C@@H](Cc3ccccc3)C(N)=O)CC2)nc(N(C)C)n1. The fraction of sp³-hybridized carbons (Fsp3) is 0.476. The van der Waals surface area contributed by atoms with Crippen LogP contribution in [0, 0.1) is 6.92 Å². The Morgan fingerprint density at radius 3 is 2.54 bits per heavy atom. The molecule has 1 atom stereocenters. The topological polar surface area (TPSA) is 87.4 Å². The molecule has 0 unspecified atom stereocenters. The second-order valence-corrected chi connectivity index (χ2v) is 7.63. The van der Waals surface area contributed by atoms with Crippen molar-refractivity contribution in [3.8, 4) is 0 Å². The monoisotopic (exact) mass is 382 g/mol. The van der Waals surface area contributed by atoms with Crippen molar-refractivity contribution in [1.29, 1.82) is 0 Å². The van der Waals surface area contributed by atoms with E-state index in [9.17, 15) is 4.79 Å². The number of anilines is 2. The second-order valence-electron chi connectivity index (χ2n) is 7.63. The van der Waals surface area contributed by atoms with Crippen LogP contribution in [-0.2, 0) is 11.2 Å². The Kier molecular flexibility index (Phi) is 6.46. The number of nitrogens with two attached hydrogens (primary N) is 1. The Labute approximate surface area is 167 Å². The van der Waals surface area contributed by atoms with E-state index in [0.29, 0.717) is 6.42 Å². The molecule has 1 saturated heterocycles. The van der Waals surface area contributed by atoms with E-state index in [1.807, 2.05) is 62.3 Å². The number of carbonyl (C=O) groups excluding carboxylic acids is 1. The predicted octanol–water partition coefficient (Wildman–Crippen LogP) is 1.51. The number of amides is 1. The molecule has 1 amide bonds. The summed E-state index contributed by atoms with van der Waals surface area (Å²) in [5.41, 5.74) is 7.73. The molecule has 7 heteroatoms. The highest BCUT2D eigenvalue weighted by Crippen LogP contribution is 2.21. The number of hydrogen-bond donors (Lipinski definition) is 2. The number of primary amides is 1. The van der Waals surface area contributed by atoms with Gasteiger partial charge in [0.1, 0.15) is 5.82 Å². The van der Waals surface area contributed by atoms with Crippen LogP contribution in [-0.4, -0.2) is 55.1 Å². The van der Waals surface area contributed by atoms with Gasteiger partial charge in [0.05, 0.1) is 6.04 Å². The smallest absolute Gasteiger partial charge is 0.234 e. The lowest BCUT2D eigenvalue weighted by Gasteiger charge is -2.35. The van der Waals surface area contributed by atoms with Gasteiger partial charge in [-0.15, -0.1) is 0 Å². The molecule has 3 rings (SSSR count). The Morgan fingerprint density at radius 1 is 1.25 bits per heavy atom. The third kappa shape index (κ3) is 5.19. The number of piperidine rings is 1. The zero-order valence-corrected chi connectivity index (χ0v) is 16.9. The van der Waals surface area contributed by atoms with Gasteiger partial charge in [0, 0.05) is 45.0 Å². The van der Waals surface area contributed by atoms with Crippen LogP contribution in [0.2, 0.25) is 0 Å². The molecular weight excluding hydrogens is 352 g/mol. The van der Waals surface area contributed by atoms with Crippen LogP contribution < -0.4 is 20.9 Å². The van der Waals surface area contributed by atoms with Gasteiger partial charge in [-0.3, -0.25) is 4.79 Å². The molecule has 150 valence electrons. The first-order valence-corrected chi connectivity index (χ1v) is 9.79. The molecular formula is C21H30N6O. The first kappa shape index (κ1) is 20.1. The fourth-order valence-electron chi connectivity index (χ4n) is 3.55. The lowest BCUT2D eigenvalue weighted by atomic mass is 10.0. The van der Waals surface area contributed by atoms with Gasteiger partial charge in [0.2, 0.25) is 11.9 Å². The summed E-state index contributed by atoms with van der Waals surface area (Å²) in [5, 5.41) is 3.47. The third-order valence-electron chi connectivity index (χ3n) is 5.11. The molecule has 28 heavy (non-hydrogen) atoms. The lowest BCUT2D eigenvalue weighted by molar-refractivity contribution is -0.120. The van der Waals surface area contributed by atoms with Gasteiger partial charge >= 0.3 is 0 Å². The Morgan fingerprint density at radius 2 is 1.93 bits per heavy atom. The van der Waals surface area contributed by atoms with Crippen molar-refractivity contribution >= 4 is 17.7 Å². The number of benzene rings is 1. The third-order valence-corrected chi connectivity index (χ3v) is 5.11. The minimum atomic E-state index is -0.347. The number of nitrogens with zero attached hydrogens (tertiary/aromatic N) is 4. The van der Waals surface area contributed by atoms with Crippen LogP contribution in [0.25, 0.3) is 0 Å². The second kappa shape index (κ2) is 9.01. The van der Waals surface area contributed by atoms with E-state index in [4.69, 9.17) is 5.73 Å². The summed E-state index contributed by atoms with van der Waals surface area (Å²) >= 11 is 0. The first-order valence-electron chi connectivity index (χ1n) is 9.79. The fourth-order valence-corrected chi connectivity index (χ4v) is 3.55. The van der Waals surface area contributed by atoms with Gasteiger partial charge in [0.25, 0.3) is 0 Å². The number of carbonyl (C=O) groups is 1. The molecule has 0 bridgehead atoms. The van der Waals surface area contributed by atoms with Crippen LogP contribution in [0.3, 0.4) is 0 Å². The summed E-state index contributed by atoms with van der Waals surface area (Å²) in [6.07, 6.45) is 2.51. The zero-order valence-electron chi connectivity index (χ0n) is 16.9. The molecule has 1 aliphatic rings. The van der Waals surface area contributed by atoms with E-state index < -0.39 is 0 Å². The van der Waals surface area contributed by atoms with E-state index in [2.05, 4.69) is 20.2 Å². The molecule has 7 nitrogen and oxygen atoms in total. The molecule has 0 saturated carbocycles. The van der Waals surface area contributed by atoms with Crippen LogP contribution in [0.5, 0.6) is 0 Å². The number of rotatable bonds is 7. The van der Waals surface area contributed by atoms with E-state index in [0.717, 1.165) is 49.0 Å². The van der Waals surface area contributed by atoms with Crippen molar-refractivity contribution in [3.05, 3.63) is 47.7 Å². The summed E-state index contributed by atoms with van der Waals surface area (Å²) in [7, 11) is 3.90. The van der Waals surface area contributed by atoms with E-state index in [-0.39, 0.29) is 18.0 Å². The number of aryl methyl sites for hydroxylation is 1. The maximum atomic E-state index is 11.9. The van der Waals surface area contributed by atoms with Crippen molar-refractivity contribution in [2.45, 2.75) is 38.3 Å².